The van der Waals surface area contributed by atoms with E-state index < -0.39 is 0 Å². The summed E-state index contributed by atoms with van der Waals surface area (Å²) in [4.78, 5) is 12.4. The number of hydrogen-bond donors (Lipinski definition) is 1. The van der Waals surface area contributed by atoms with Gasteiger partial charge in [0.2, 0.25) is 0 Å². The summed E-state index contributed by atoms with van der Waals surface area (Å²) in [6.07, 6.45) is 4.26. The predicted octanol–water partition coefficient (Wildman–Crippen LogP) is 7.39. The molecule has 4 aromatic carbocycles. The van der Waals surface area contributed by atoms with Crippen molar-refractivity contribution in [1.29, 1.82) is 0 Å². The Bertz CT molecular complexity index is 1890. The van der Waals surface area contributed by atoms with Crippen molar-refractivity contribution >= 4 is 16.6 Å². The fraction of sp³-hybridized carbons (Fsp3) is 0.263. The van der Waals surface area contributed by atoms with E-state index in [1.165, 1.54) is 27.9 Å². The van der Waals surface area contributed by atoms with Gasteiger partial charge in [-0.05, 0) is 67.1 Å². The molecule has 0 radical (unpaired) electrons. The van der Waals surface area contributed by atoms with Gasteiger partial charge < -0.3 is 15.4 Å². The number of nitrogens with zero attached hydrogens (tertiary/aromatic N) is 3. The van der Waals surface area contributed by atoms with Crippen molar-refractivity contribution in [3.05, 3.63) is 113 Å². The average molecular weight is 565 g/mol. The maximum atomic E-state index is 6.79. The van der Waals surface area contributed by atoms with Crippen LogP contribution in [0.5, 0.6) is 11.5 Å². The van der Waals surface area contributed by atoms with Crippen LogP contribution in [-0.2, 0) is 19.3 Å². The standard InChI is InChI=1S/C38H36N4O/c1-3-4-11-27-17-18-35-33(38(27)42-19-10-14-30(39)24-42)23-32-29(20-28(21-36(32)43-35)26-12-6-5-7-13-26)22-37-40-25(2)31-15-8-9-16-34(31)41-37/h5-9,12-13,15-18,20-21,30H,10-11,14,19,22-24,39H2,1-2H3/t30-/m1/s1. The van der Waals surface area contributed by atoms with Crippen LogP contribution in [0.15, 0.2) is 78.9 Å². The van der Waals surface area contributed by atoms with Gasteiger partial charge in [-0.25, -0.2) is 9.97 Å². The molecule has 1 fully saturated rings. The second-order valence-electron chi connectivity index (χ2n) is 11.7. The van der Waals surface area contributed by atoms with Crippen molar-refractivity contribution < 1.29 is 4.74 Å². The molecule has 0 amide bonds. The van der Waals surface area contributed by atoms with E-state index >= 15 is 0 Å². The van der Waals surface area contributed by atoms with E-state index in [1.54, 1.807) is 0 Å². The Hall–Kier alpha value is -4.66. The molecule has 5 heteroatoms. The Balaban J connectivity index is 1.36. The molecule has 2 aliphatic rings. The molecular weight excluding hydrogens is 528 g/mol. The number of nitrogens with two attached hydrogens (primary N) is 1. The summed E-state index contributed by atoms with van der Waals surface area (Å²) >= 11 is 0. The summed E-state index contributed by atoms with van der Waals surface area (Å²) in [5.41, 5.74) is 16.9. The average Bonchev–Trinajstić information content (AvgIpc) is 3.03. The number of fused-ring (bicyclic) bond motifs is 3. The van der Waals surface area contributed by atoms with E-state index in [0.717, 1.165) is 77.4 Å². The SMILES string of the molecule is CC#CCc1ccc2c(c1N1CCC[C@@H](N)C1)Cc1c(Cc3nc(C)c4ccccc4n3)cc(-c3ccccc3)cc1O2. The lowest BCUT2D eigenvalue weighted by atomic mass is 9.88. The van der Waals surface area contributed by atoms with Gasteiger partial charge in [0, 0.05) is 66.3 Å². The Morgan fingerprint density at radius 1 is 0.907 bits per heavy atom. The highest BCUT2D eigenvalue weighted by Crippen LogP contribution is 2.46. The highest BCUT2D eigenvalue weighted by Gasteiger charge is 2.29. The van der Waals surface area contributed by atoms with E-state index in [0.29, 0.717) is 12.8 Å². The number of aromatic nitrogens is 2. The van der Waals surface area contributed by atoms with E-state index in [9.17, 15) is 0 Å². The summed E-state index contributed by atoms with van der Waals surface area (Å²) in [6, 6.07) is 27.7. The number of anilines is 1. The van der Waals surface area contributed by atoms with Crippen molar-refractivity contribution in [3.8, 4) is 34.5 Å². The Kier molecular flexibility index (Phi) is 7.30. The highest BCUT2D eigenvalue weighted by molar-refractivity contribution is 5.80. The lowest BCUT2D eigenvalue weighted by Gasteiger charge is -2.37. The quantitative estimate of drug-likeness (QED) is 0.221. The Morgan fingerprint density at radius 2 is 1.74 bits per heavy atom. The third-order valence-corrected chi connectivity index (χ3v) is 8.72. The Morgan fingerprint density at radius 3 is 2.58 bits per heavy atom. The van der Waals surface area contributed by atoms with Gasteiger partial charge in [0.05, 0.1) is 5.52 Å². The number of aryl methyl sites for hydroxylation is 1. The van der Waals surface area contributed by atoms with Crippen LogP contribution in [0, 0.1) is 18.8 Å². The molecule has 2 N–H and O–H groups in total. The molecule has 0 unspecified atom stereocenters. The molecule has 0 aliphatic carbocycles. The van der Waals surface area contributed by atoms with Gasteiger partial charge in [0.1, 0.15) is 17.3 Å². The van der Waals surface area contributed by atoms with Crippen LogP contribution in [0.1, 0.15) is 53.5 Å². The van der Waals surface area contributed by atoms with E-state index in [-0.39, 0.29) is 6.04 Å². The summed E-state index contributed by atoms with van der Waals surface area (Å²) in [5, 5.41) is 1.09. The second kappa shape index (κ2) is 11.6. The van der Waals surface area contributed by atoms with Crippen LogP contribution in [0.3, 0.4) is 0 Å². The zero-order valence-electron chi connectivity index (χ0n) is 24.9. The summed E-state index contributed by atoms with van der Waals surface area (Å²) in [7, 11) is 0. The fourth-order valence-electron chi connectivity index (χ4n) is 6.66. The number of piperidine rings is 1. The molecule has 1 aromatic heterocycles. The van der Waals surface area contributed by atoms with Crippen LogP contribution in [0.2, 0.25) is 0 Å². The minimum absolute atomic E-state index is 0.170. The zero-order chi connectivity index (χ0) is 29.3. The van der Waals surface area contributed by atoms with E-state index in [1.807, 2.05) is 19.1 Å². The summed E-state index contributed by atoms with van der Waals surface area (Å²) < 4.78 is 6.79. The smallest absolute Gasteiger partial charge is 0.133 e. The maximum absolute atomic E-state index is 6.79. The minimum atomic E-state index is 0.170. The van der Waals surface area contributed by atoms with Crippen molar-refractivity contribution in [2.24, 2.45) is 5.73 Å². The first-order valence-electron chi connectivity index (χ1n) is 15.2. The normalized spacial score (nSPS) is 15.7. The monoisotopic (exact) mass is 564 g/mol. The first-order valence-corrected chi connectivity index (χ1v) is 15.2. The molecule has 0 spiro atoms. The molecule has 0 bridgehead atoms. The van der Waals surface area contributed by atoms with Crippen LogP contribution < -0.4 is 15.4 Å². The number of para-hydroxylation sites is 1. The van der Waals surface area contributed by atoms with Gasteiger partial charge >= 0.3 is 0 Å². The van der Waals surface area contributed by atoms with Gasteiger partial charge in [0.15, 0.2) is 0 Å². The number of hydrogen-bond acceptors (Lipinski definition) is 5. The molecule has 2 aliphatic heterocycles. The van der Waals surface area contributed by atoms with Gasteiger partial charge in [-0.1, -0.05) is 66.6 Å². The fourth-order valence-corrected chi connectivity index (χ4v) is 6.66. The molecule has 1 atom stereocenters. The molecule has 3 heterocycles. The van der Waals surface area contributed by atoms with E-state index in [2.05, 4.69) is 90.4 Å². The highest BCUT2D eigenvalue weighted by atomic mass is 16.5. The minimum Gasteiger partial charge on any atom is -0.457 e. The Labute approximate surface area is 253 Å². The van der Waals surface area contributed by atoms with E-state index in [4.69, 9.17) is 20.4 Å². The lowest BCUT2D eigenvalue weighted by molar-refractivity contribution is 0.456. The summed E-state index contributed by atoms with van der Waals surface area (Å²) in [5.74, 6) is 9.04. The van der Waals surface area contributed by atoms with Crippen molar-refractivity contribution in [2.75, 3.05) is 18.0 Å². The molecule has 7 rings (SSSR count). The van der Waals surface area contributed by atoms with Gasteiger partial charge in [0.25, 0.3) is 0 Å². The van der Waals surface area contributed by atoms with Gasteiger partial charge in [-0.3, -0.25) is 0 Å². The molecule has 5 aromatic rings. The molecule has 214 valence electrons. The van der Waals surface area contributed by atoms with Crippen molar-refractivity contribution in [1.82, 2.24) is 9.97 Å². The largest absolute Gasteiger partial charge is 0.457 e. The first kappa shape index (κ1) is 27.2. The van der Waals surface area contributed by atoms with Crippen molar-refractivity contribution in [3.63, 3.8) is 0 Å². The van der Waals surface area contributed by atoms with Crippen LogP contribution in [0.25, 0.3) is 22.0 Å². The molecule has 43 heavy (non-hydrogen) atoms. The molecule has 0 saturated carbocycles. The third-order valence-electron chi connectivity index (χ3n) is 8.72. The summed E-state index contributed by atoms with van der Waals surface area (Å²) in [6.45, 7) is 5.81. The third kappa shape index (κ3) is 5.35. The topological polar surface area (TPSA) is 64.3 Å². The first-order chi connectivity index (χ1) is 21.1. The number of rotatable bonds is 5. The van der Waals surface area contributed by atoms with Crippen molar-refractivity contribution in [2.45, 2.75) is 52.0 Å². The van der Waals surface area contributed by atoms with Crippen LogP contribution in [0.4, 0.5) is 5.69 Å². The lowest BCUT2D eigenvalue weighted by Crippen LogP contribution is -2.43. The van der Waals surface area contributed by atoms with Crippen LogP contribution >= 0.6 is 0 Å². The van der Waals surface area contributed by atoms with Gasteiger partial charge in [-0.15, -0.1) is 5.92 Å². The van der Waals surface area contributed by atoms with Crippen LogP contribution in [-0.4, -0.2) is 29.1 Å². The predicted molar refractivity (Wildman–Crippen MR) is 175 cm³/mol. The molecule has 1 saturated heterocycles. The number of benzene rings is 4. The van der Waals surface area contributed by atoms with Gasteiger partial charge in [-0.2, -0.15) is 0 Å². The zero-order valence-corrected chi connectivity index (χ0v) is 24.9. The molecular formula is C38H36N4O. The second-order valence-corrected chi connectivity index (χ2v) is 11.7. The maximum Gasteiger partial charge on any atom is 0.133 e. The molecule has 5 nitrogen and oxygen atoms in total. The number of ether oxygens (including phenoxy) is 1.